The molecule has 0 N–H and O–H groups in total. The van der Waals surface area contributed by atoms with E-state index in [1.165, 1.54) is 11.8 Å². The molecule has 8 heteroatoms. The maximum absolute atomic E-state index is 12.2. The minimum Gasteiger partial charge on any atom is -0.444 e. The van der Waals surface area contributed by atoms with Crippen LogP contribution in [0.25, 0.3) is 0 Å². The van der Waals surface area contributed by atoms with Crippen molar-refractivity contribution in [1.29, 1.82) is 0 Å². The van der Waals surface area contributed by atoms with Crippen LogP contribution in [0.5, 0.6) is 0 Å². The fourth-order valence-electron chi connectivity index (χ4n) is 2.89. The van der Waals surface area contributed by atoms with Crippen LogP contribution < -0.4 is 0 Å². The fourth-order valence-corrected chi connectivity index (χ4v) is 4.87. The number of sulfone groups is 1. The first-order valence-corrected chi connectivity index (χ1v) is 8.79. The van der Waals surface area contributed by atoms with Crippen molar-refractivity contribution in [2.24, 2.45) is 0 Å². The molecule has 2 atom stereocenters. The molecule has 0 spiro atoms. The van der Waals surface area contributed by atoms with E-state index in [2.05, 4.69) is 0 Å². The molecule has 2 fully saturated rings. The number of carbonyl (C=O) groups is 2. The Morgan fingerprint density at radius 2 is 1.52 bits per heavy atom. The van der Waals surface area contributed by atoms with Gasteiger partial charge in [0.1, 0.15) is 5.60 Å². The molecular formula is C13H22N2O5S. The van der Waals surface area contributed by atoms with Gasteiger partial charge in [0.25, 0.3) is 0 Å². The number of hydrogen-bond acceptors (Lipinski definition) is 5. The van der Waals surface area contributed by atoms with Gasteiger partial charge in [0.15, 0.2) is 9.84 Å². The van der Waals surface area contributed by atoms with E-state index in [0.29, 0.717) is 13.1 Å². The normalized spacial score (nSPS) is 28.2. The SMILES string of the molecule is CC(=O)N1CCN(C(=O)OC(C)(C)C)[C@@H]2CS(=O)(=O)C[C@H]21. The summed E-state index contributed by atoms with van der Waals surface area (Å²) in [4.78, 5) is 26.9. The highest BCUT2D eigenvalue weighted by atomic mass is 32.2. The molecule has 7 nitrogen and oxygen atoms in total. The lowest BCUT2D eigenvalue weighted by Crippen LogP contribution is -2.62. The number of piperazine rings is 1. The van der Waals surface area contributed by atoms with Gasteiger partial charge in [-0.1, -0.05) is 0 Å². The van der Waals surface area contributed by atoms with Gasteiger partial charge < -0.3 is 14.5 Å². The molecule has 0 aromatic rings. The first-order chi connectivity index (χ1) is 9.50. The average Bonchev–Trinajstić information content (AvgIpc) is 2.59. The van der Waals surface area contributed by atoms with Crippen LogP contribution in [0, 0.1) is 0 Å². The monoisotopic (exact) mass is 318 g/mol. The molecule has 2 amide bonds. The smallest absolute Gasteiger partial charge is 0.410 e. The standard InChI is InChI=1S/C13H22N2O5S/c1-9(16)14-5-6-15(12(17)20-13(2,3)4)11-8-21(18,19)7-10(11)14/h10-11H,5-8H2,1-4H3/t10-,11-/m1/s1. The molecule has 0 bridgehead atoms. The minimum absolute atomic E-state index is 0.0868. The Kier molecular flexibility index (Phi) is 3.94. The van der Waals surface area contributed by atoms with E-state index in [1.54, 1.807) is 25.7 Å². The molecule has 21 heavy (non-hydrogen) atoms. The van der Waals surface area contributed by atoms with Crippen molar-refractivity contribution in [3.8, 4) is 0 Å². The zero-order valence-corrected chi connectivity index (χ0v) is 13.6. The molecular weight excluding hydrogens is 296 g/mol. The zero-order chi connectivity index (χ0) is 16.0. The molecule has 0 aromatic heterocycles. The summed E-state index contributed by atoms with van der Waals surface area (Å²) in [5.74, 6) is -0.358. The van der Waals surface area contributed by atoms with Crippen LogP contribution >= 0.6 is 0 Å². The molecule has 0 unspecified atom stereocenters. The van der Waals surface area contributed by atoms with Crippen molar-refractivity contribution in [2.75, 3.05) is 24.6 Å². The topological polar surface area (TPSA) is 84.0 Å². The van der Waals surface area contributed by atoms with Gasteiger partial charge in [-0.25, -0.2) is 13.2 Å². The van der Waals surface area contributed by atoms with Crippen LogP contribution in [0.2, 0.25) is 0 Å². The molecule has 0 saturated carbocycles. The summed E-state index contributed by atoms with van der Waals surface area (Å²) in [6, 6.07) is -0.976. The average molecular weight is 318 g/mol. The lowest BCUT2D eigenvalue weighted by Gasteiger charge is -2.43. The molecule has 0 aliphatic carbocycles. The van der Waals surface area contributed by atoms with Gasteiger partial charge in [-0.05, 0) is 20.8 Å². The number of carbonyl (C=O) groups excluding carboxylic acids is 2. The largest absolute Gasteiger partial charge is 0.444 e. The Morgan fingerprint density at radius 1 is 1.05 bits per heavy atom. The second-order valence-corrected chi connectivity index (χ2v) is 8.75. The third-order valence-corrected chi connectivity index (χ3v) is 5.41. The third-order valence-electron chi connectivity index (χ3n) is 3.71. The van der Waals surface area contributed by atoms with E-state index in [9.17, 15) is 18.0 Å². The molecule has 120 valence electrons. The molecule has 0 radical (unpaired) electrons. The molecule has 2 aliphatic rings. The number of nitrogens with zero attached hydrogens (tertiary/aromatic N) is 2. The zero-order valence-electron chi connectivity index (χ0n) is 12.8. The first kappa shape index (κ1) is 16.1. The summed E-state index contributed by atoms with van der Waals surface area (Å²) in [6.45, 7) is 7.35. The van der Waals surface area contributed by atoms with Crippen LogP contribution in [0.1, 0.15) is 27.7 Å². The molecule has 2 saturated heterocycles. The molecule has 2 aliphatic heterocycles. The number of ether oxygens (including phenoxy) is 1. The molecule has 2 rings (SSSR count). The quantitative estimate of drug-likeness (QED) is 0.639. The molecule has 2 heterocycles. The molecule has 0 aromatic carbocycles. The third kappa shape index (κ3) is 3.48. The van der Waals surface area contributed by atoms with Gasteiger partial charge in [-0.2, -0.15) is 0 Å². The summed E-state index contributed by atoms with van der Waals surface area (Å²) in [5, 5.41) is 0. The van der Waals surface area contributed by atoms with Crippen molar-refractivity contribution in [1.82, 2.24) is 9.80 Å². The highest BCUT2D eigenvalue weighted by Crippen LogP contribution is 2.28. The van der Waals surface area contributed by atoms with E-state index in [0.717, 1.165) is 0 Å². The second-order valence-electron chi connectivity index (χ2n) is 6.60. The summed E-state index contributed by atoms with van der Waals surface area (Å²) < 4.78 is 29.1. The van der Waals surface area contributed by atoms with Crippen molar-refractivity contribution in [3.63, 3.8) is 0 Å². The highest BCUT2D eigenvalue weighted by molar-refractivity contribution is 7.91. The highest BCUT2D eigenvalue weighted by Gasteiger charge is 2.49. The fraction of sp³-hybridized carbons (Fsp3) is 0.846. The van der Waals surface area contributed by atoms with Crippen molar-refractivity contribution < 1.29 is 22.7 Å². The van der Waals surface area contributed by atoms with E-state index >= 15 is 0 Å². The lowest BCUT2D eigenvalue weighted by molar-refractivity contribution is -0.134. The predicted octanol–water partition coefficient (Wildman–Crippen LogP) is 0.251. The maximum Gasteiger partial charge on any atom is 0.410 e. The van der Waals surface area contributed by atoms with Gasteiger partial charge in [0.05, 0.1) is 23.6 Å². The van der Waals surface area contributed by atoms with Crippen LogP contribution in [0.4, 0.5) is 4.79 Å². The van der Waals surface area contributed by atoms with Crippen LogP contribution in [-0.2, 0) is 19.4 Å². The van der Waals surface area contributed by atoms with Crippen molar-refractivity contribution in [2.45, 2.75) is 45.4 Å². The Balaban J connectivity index is 2.23. The lowest BCUT2D eigenvalue weighted by atomic mass is 10.1. The van der Waals surface area contributed by atoms with Crippen molar-refractivity contribution in [3.05, 3.63) is 0 Å². The second kappa shape index (κ2) is 5.15. The van der Waals surface area contributed by atoms with E-state index in [4.69, 9.17) is 4.74 Å². The van der Waals surface area contributed by atoms with Gasteiger partial charge >= 0.3 is 6.09 Å². The van der Waals surface area contributed by atoms with E-state index < -0.39 is 33.6 Å². The number of rotatable bonds is 0. The Labute approximate surface area is 125 Å². The number of fused-ring (bicyclic) bond motifs is 1. The summed E-state index contributed by atoms with van der Waals surface area (Å²) in [5.41, 5.74) is -0.637. The van der Waals surface area contributed by atoms with Crippen LogP contribution in [0.15, 0.2) is 0 Å². The van der Waals surface area contributed by atoms with Gasteiger partial charge in [-0.3, -0.25) is 4.79 Å². The van der Waals surface area contributed by atoms with Crippen molar-refractivity contribution >= 4 is 21.8 Å². The summed E-state index contributed by atoms with van der Waals surface area (Å²) in [7, 11) is -3.25. The predicted molar refractivity (Wildman–Crippen MR) is 76.6 cm³/mol. The Bertz CT molecular complexity index is 551. The van der Waals surface area contributed by atoms with Gasteiger partial charge in [-0.15, -0.1) is 0 Å². The van der Waals surface area contributed by atoms with E-state index in [1.807, 2.05) is 0 Å². The van der Waals surface area contributed by atoms with Crippen LogP contribution in [0.3, 0.4) is 0 Å². The maximum atomic E-state index is 12.2. The van der Waals surface area contributed by atoms with E-state index in [-0.39, 0.29) is 17.4 Å². The number of amides is 2. The Morgan fingerprint density at radius 3 is 2.00 bits per heavy atom. The number of hydrogen-bond donors (Lipinski definition) is 0. The Hall–Kier alpha value is -1.31. The summed E-state index contributed by atoms with van der Waals surface area (Å²) in [6.07, 6.45) is -0.516. The van der Waals surface area contributed by atoms with Gasteiger partial charge in [0.2, 0.25) is 5.91 Å². The first-order valence-electron chi connectivity index (χ1n) is 6.97. The summed E-state index contributed by atoms with van der Waals surface area (Å²) >= 11 is 0. The minimum atomic E-state index is -3.25. The van der Waals surface area contributed by atoms with Gasteiger partial charge in [0, 0.05) is 20.0 Å². The van der Waals surface area contributed by atoms with Crippen LogP contribution in [-0.4, -0.2) is 72.5 Å².